The molecule has 178 valence electrons. The minimum absolute atomic E-state index is 0.163. The van der Waals surface area contributed by atoms with E-state index in [2.05, 4.69) is 15.6 Å². The van der Waals surface area contributed by atoms with Crippen molar-refractivity contribution in [3.05, 3.63) is 95.6 Å². The van der Waals surface area contributed by atoms with Crippen LogP contribution in [0.1, 0.15) is 17.2 Å². The van der Waals surface area contributed by atoms with Crippen molar-refractivity contribution >= 4 is 23.4 Å². The Hall–Kier alpha value is -4.45. The molecule has 0 aromatic heterocycles. The maximum Gasteiger partial charge on any atom is 0.322 e. The molecule has 1 saturated heterocycles. The van der Waals surface area contributed by atoms with E-state index in [4.69, 9.17) is 0 Å². The van der Waals surface area contributed by atoms with Gasteiger partial charge in [0.2, 0.25) is 12.2 Å². The van der Waals surface area contributed by atoms with Crippen molar-refractivity contribution in [1.29, 1.82) is 5.26 Å². The van der Waals surface area contributed by atoms with Crippen molar-refractivity contribution in [3.63, 3.8) is 0 Å². The zero-order valence-corrected chi connectivity index (χ0v) is 19.1. The fourth-order valence-electron chi connectivity index (χ4n) is 4.01. The Kier molecular flexibility index (Phi) is 7.21. The number of carbonyl (C=O) groups is 1. The molecule has 1 atom stereocenters. The minimum atomic E-state index is -1.04. The van der Waals surface area contributed by atoms with Gasteiger partial charge in [0.05, 0.1) is 6.04 Å². The largest absolute Gasteiger partial charge is 0.338 e. The second-order valence-corrected chi connectivity index (χ2v) is 8.10. The van der Waals surface area contributed by atoms with Crippen LogP contribution in [0.25, 0.3) is 0 Å². The van der Waals surface area contributed by atoms with Gasteiger partial charge >= 0.3 is 6.03 Å². The lowest BCUT2D eigenvalue weighted by molar-refractivity contribution is 0.136. The highest BCUT2D eigenvalue weighted by atomic mass is 19.2. The molecule has 7 nitrogen and oxygen atoms in total. The molecule has 1 heterocycles. The average Bonchev–Trinajstić information content (AvgIpc) is 2.87. The molecule has 3 aromatic carbocycles. The Labute approximate surface area is 202 Å². The first kappa shape index (κ1) is 23.7. The van der Waals surface area contributed by atoms with Gasteiger partial charge in [-0.25, -0.2) is 13.6 Å². The third-order valence-electron chi connectivity index (χ3n) is 5.84. The number of hydrogen-bond donors (Lipinski definition) is 2. The molecule has 1 unspecified atom stereocenters. The highest BCUT2D eigenvalue weighted by molar-refractivity contribution is 5.95. The third kappa shape index (κ3) is 5.55. The van der Waals surface area contributed by atoms with E-state index in [0.29, 0.717) is 25.6 Å². The van der Waals surface area contributed by atoms with Gasteiger partial charge in [0.15, 0.2) is 11.6 Å². The molecule has 9 heteroatoms. The van der Waals surface area contributed by atoms with Crippen molar-refractivity contribution in [1.82, 2.24) is 9.80 Å². The molecular formula is C26H24F2N6O. The first-order valence-electron chi connectivity index (χ1n) is 11.1. The number of aliphatic imine (C=N–C) groups is 1. The van der Waals surface area contributed by atoms with Crippen LogP contribution < -0.4 is 10.6 Å². The Morgan fingerprint density at radius 1 is 1.00 bits per heavy atom. The van der Waals surface area contributed by atoms with Crippen molar-refractivity contribution in [2.24, 2.45) is 4.99 Å². The number of amides is 2. The van der Waals surface area contributed by atoms with E-state index in [-0.39, 0.29) is 11.7 Å². The zero-order valence-electron chi connectivity index (χ0n) is 19.1. The molecule has 0 aliphatic carbocycles. The number of piperazine rings is 1. The van der Waals surface area contributed by atoms with Crippen LogP contribution in [0.5, 0.6) is 0 Å². The highest BCUT2D eigenvalue weighted by Gasteiger charge is 2.33. The van der Waals surface area contributed by atoms with Gasteiger partial charge in [-0.2, -0.15) is 5.26 Å². The summed E-state index contributed by atoms with van der Waals surface area (Å²) in [6, 6.07) is 19.6. The molecule has 1 fully saturated rings. The van der Waals surface area contributed by atoms with Gasteiger partial charge in [0, 0.05) is 37.1 Å². The van der Waals surface area contributed by atoms with Crippen molar-refractivity contribution < 1.29 is 13.6 Å². The number of anilines is 2. The molecule has 0 saturated carbocycles. The van der Waals surface area contributed by atoms with E-state index in [1.54, 1.807) is 4.90 Å². The van der Waals surface area contributed by atoms with Gasteiger partial charge in [0.25, 0.3) is 0 Å². The Morgan fingerprint density at radius 3 is 2.46 bits per heavy atom. The maximum atomic E-state index is 13.6. The number of carbonyl (C=O) groups excluding carboxylic acids is 1. The number of benzene rings is 3. The Morgan fingerprint density at radius 2 is 1.74 bits per heavy atom. The van der Waals surface area contributed by atoms with E-state index in [1.165, 1.54) is 6.07 Å². The standard InChI is InChI=1S/C26H24F2N6O/c1-18-7-5-6-10-23(18)32-25(30-17-29)33-13-14-34(24(16-33)19-8-3-2-4-9-19)26(35)31-20-11-12-21(27)22(28)15-20/h2-12,15,24H,13-14,16H2,1H3,(H,30,32)(H,31,35). The maximum absolute atomic E-state index is 13.6. The van der Waals surface area contributed by atoms with Gasteiger partial charge in [0.1, 0.15) is 0 Å². The van der Waals surface area contributed by atoms with E-state index in [1.807, 2.05) is 72.6 Å². The summed E-state index contributed by atoms with van der Waals surface area (Å²) < 4.78 is 26.9. The second kappa shape index (κ2) is 10.7. The summed E-state index contributed by atoms with van der Waals surface area (Å²) in [5.74, 6) is -1.63. The van der Waals surface area contributed by atoms with Crippen LogP contribution in [0.2, 0.25) is 0 Å². The molecular weight excluding hydrogens is 450 g/mol. The molecule has 0 spiro atoms. The molecule has 2 amide bonds. The summed E-state index contributed by atoms with van der Waals surface area (Å²) >= 11 is 0. The molecule has 35 heavy (non-hydrogen) atoms. The number of hydrogen-bond acceptors (Lipinski definition) is 3. The van der Waals surface area contributed by atoms with E-state index in [9.17, 15) is 18.8 Å². The fourth-order valence-corrected chi connectivity index (χ4v) is 4.01. The second-order valence-electron chi connectivity index (χ2n) is 8.10. The quantitative estimate of drug-likeness (QED) is 0.314. The van der Waals surface area contributed by atoms with Gasteiger partial charge in [-0.05, 0) is 36.2 Å². The lowest BCUT2D eigenvalue weighted by Gasteiger charge is -2.42. The topological polar surface area (TPSA) is 83.8 Å². The molecule has 4 rings (SSSR count). The van der Waals surface area contributed by atoms with Crippen LogP contribution in [-0.4, -0.2) is 41.4 Å². The summed E-state index contributed by atoms with van der Waals surface area (Å²) in [7, 11) is 0. The van der Waals surface area contributed by atoms with E-state index < -0.39 is 17.7 Å². The number of guanidine groups is 1. The van der Waals surface area contributed by atoms with Gasteiger partial charge in [-0.1, -0.05) is 48.5 Å². The zero-order chi connectivity index (χ0) is 24.8. The van der Waals surface area contributed by atoms with Crippen LogP contribution >= 0.6 is 0 Å². The lowest BCUT2D eigenvalue weighted by atomic mass is 10.0. The average molecular weight is 475 g/mol. The predicted octanol–water partition coefficient (Wildman–Crippen LogP) is 5.11. The summed E-state index contributed by atoms with van der Waals surface area (Å²) in [4.78, 5) is 20.7. The fraction of sp³-hybridized carbons (Fsp3) is 0.192. The van der Waals surface area contributed by atoms with E-state index >= 15 is 0 Å². The highest BCUT2D eigenvalue weighted by Crippen LogP contribution is 2.27. The minimum Gasteiger partial charge on any atom is -0.338 e. The number of urea groups is 1. The summed E-state index contributed by atoms with van der Waals surface area (Å²) in [6.45, 7) is 3.05. The van der Waals surface area contributed by atoms with Crippen LogP contribution in [0.4, 0.5) is 25.0 Å². The van der Waals surface area contributed by atoms with Crippen LogP contribution in [0.15, 0.2) is 77.8 Å². The van der Waals surface area contributed by atoms with Crippen molar-refractivity contribution in [3.8, 4) is 6.19 Å². The molecule has 2 N–H and O–H groups in total. The SMILES string of the molecule is Cc1ccccc1N/C(=N/C#N)N1CCN(C(=O)Nc2ccc(F)c(F)c2)C(c2ccccc2)C1. The third-order valence-corrected chi connectivity index (χ3v) is 5.84. The van der Waals surface area contributed by atoms with Gasteiger partial charge in [-0.15, -0.1) is 4.99 Å². The number of nitrogens with one attached hydrogen (secondary N) is 2. The van der Waals surface area contributed by atoms with Gasteiger partial charge in [-0.3, -0.25) is 0 Å². The first-order valence-corrected chi connectivity index (χ1v) is 11.1. The molecule has 0 radical (unpaired) electrons. The van der Waals surface area contributed by atoms with Crippen LogP contribution in [0.3, 0.4) is 0 Å². The number of nitriles is 1. The van der Waals surface area contributed by atoms with E-state index in [0.717, 1.165) is 28.9 Å². The summed E-state index contributed by atoms with van der Waals surface area (Å²) in [5.41, 5.74) is 2.89. The predicted molar refractivity (Wildman–Crippen MR) is 131 cm³/mol. The van der Waals surface area contributed by atoms with Crippen LogP contribution in [0, 0.1) is 30.0 Å². The smallest absolute Gasteiger partial charge is 0.322 e. The number of aryl methyl sites for hydroxylation is 1. The number of para-hydroxylation sites is 1. The van der Waals surface area contributed by atoms with Crippen molar-refractivity contribution in [2.75, 3.05) is 30.3 Å². The lowest BCUT2D eigenvalue weighted by Crippen LogP contribution is -2.54. The molecule has 0 bridgehead atoms. The molecule has 1 aliphatic heterocycles. The monoisotopic (exact) mass is 474 g/mol. The molecule has 3 aromatic rings. The van der Waals surface area contributed by atoms with Crippen LogP contribution in [-0.2, 0) is 0 Å². The van der Waals surface area contributed by atoms with Gasteiger partial charge < -0.3 is 20.4 Å². The van der Waals surface area contributed by atoms with Crippen molar-refractivity contribution in [2.45, 2.75) is 13.0 Å². The summed E-state index contributed by atoms with van der Waals surface area (Å²) in [6.07, 6.45) is 1.86. The number of nitrogens with zero attached hydrogens (tertiary/aromatic N) is 4. The first-order chi connectivity index (χ1) is 17.0. The summed E-state index contributed by atoms with van der Waals surface area (Å²) in [5, 5.41) is 15.2. The molecule has 1 aliphatic rings. The normalized spacial score (nSPS) is 15.9. The number of rotatable bonds is 3. The number of halogens is 2. The Balaban J connectivity index is 1.58. The Bertz CT molecular complexity index is 1270.